The molecular formula is C17H17N3O2. The smallest absolute Gasteiger partial charge is 0.316 e. The fourth-order valence-electron chi connectivity index (χ4n) is 2.74. The van der Waals surface area contributed by atoms with Crippen LogP contribution in [0, 0.1) is 0 Å². The molecule has 22 heavy (non-hydrogen) atoms. The first-order valence-electron chi connectivity index (χ1n) is 7.25. The van der Waals surface area contributed by atoms with Crippen molar-refractivity contribution in [2.45, 2.75) is 25.9 Å². The van der Waals surface area contributed by atoms with Gasteiger partial charge in [-0.05, 0) is 42.7 Å². The minimum atomic E-state index is -0.583. The number of pyridine rings is 1. The van der Waals surface area contributed by atoms with Crippen LogP contribution in [-0.2, 0) is 22.6 Å². The molecule has 1 aromatic carbocycles. The summed E-state index contributed by atoms with van der Waals surface area (Å²) < 4.78 is 0. The molecule has 5 heteroatoms. The quantitative estimate of drug-likeness (QED) is 0.857. The standard InChI is InChI=1S/C17H17N3O2/c1-12-10-14-4-2-3-5-15(14)20(12)17(22)16(21)19-11-13-6-8-18-9-7-13/h2-9,12H,10-11H2,1H3,(H,19,21). The molecular weight excluding hydrogens is 278 g/mol. The average Bonchev–Trinajstić information content (AvgIpc) is 2.88. The fourth-order valence-corrected chi connectivity index (χ4v) is 2.74. The summed E-state index contributed by atoms with van der Waals surface area (Å²) in [5.74, 6) is -1.09. The minimum Gasteiger partial charge on any atom is -0.344 e. The third-order valence-corrected chi connectivity index (χ3v) is 3.82. The Morgan fingerprint density at radius 2 is 1.95 bits per heavy atom. The largest absolute Gasteiger partial charge is 0.344 e. The maximum atomic E-state index is 12.4. The molecule has 1 aliphatic heterocycles. The van der Waals surface area contributed by atoms with Crippen LogP contribution in [0.25, 0.3) is 0 Å². The zero-order chi connectivity index (χ0) is 15.5. The van der Waals surface area contributed by atoms with Gasteiger partial charge in [0.05, 0.1) is 0 Å². The van der Waals surface area contributed by atoms with E-state index in [9.17, 15) is 9.59 Å². The van der Waals surface area contributed by atoms with Crippen LogP contribution in [0.2, 0.25) is 0 Å². The predicted octanol–water partition coefficient (Wildman–Crippen LogP) is 1.68. The number of amides is 2. The summed E-state index contributed by atoms with van der Waals surface area (Å²) in [5, 5.41) is 2.67. The lowest BCUT2D eigenvalue weighted by molar-refractivity contribution is -0.137. The predicted molar refractivity (Wildman–Crippen MR) is 83.2 cm³/mol. The highest BCUT2D eigenvalue weighted by Gasteiger charge is 2.33. The van der Waals surface area contributed by atoms with E-state index in [1.54, 1.807) is 29.4 Å². The Labute approximate surface area is 129 Å². The van der Waals surface area contributed by atoms with Crippen molar-refractivity contribution >= 4 is 17.5 Å². The molecule has 2 aromatic rings. The van der Waals surface area contributed by atoms with Crippen molar-refractivity contribution < 1.29 is 9.59 Å². The monoisotopic (exact) mass is 295 g/mol. The average molecular weight is 295 g/mol. The van der Waals surface area contributed by atoms with E-state index in [2.05, 4.69) is 10.3 Å². The Hall–Kier alpha value is -2.69. The second-order valence-corrected chi connectivity index (χ2v) is 5.40. The summed E-state index contributed by atoms with van der Waals surface area (Å²) in [6.07, 6.45) is 4.09. The summed E-state index contributed by atoms with van der Waals surface area (Å²) in [6, 6.07) is 11.3. The summed E-state index contributed by atoms with van der Waals surface area (Å²) in [5.41, 5.74) is 2.84. The molecule has 1 N–H and O–H groups in total. The third-order valence-electron chi connectivity index (χ3n) is 3.82. The minimum absolute atomic E-state index is 0.00317. The number of hydrogen-bond acceptors (Lipinski definition) is 3. The molecule has 0 fully saturated rings. The second kappa shape index (κ2) is 5.97. The number of carbonyl (C=O) groups is 2. The van der Waals surface area contributed by atoms with Crippen LogP contribution in [0.5, 0.6) is 0 Å². The molecule has 0 aliphatic carbocycles. The maximum Gasteiger partial charge on any atom is 0.316 e. The number of para-hydroxylation sites is 1. The van der Waals surface area contributed by atoms with E-state index in [0.717, 1.165) is 23.2 Å². The lowest BCUT2D eigenvalue weighted by atomic mass is 10.1. The molecule has 0 radical (unpaired) electrons. The van der Waals surface area contributed by atoms with Gasteiger partial charge in [-0.3, -0.25) is 14.6 Å². The molecule has 1 atom stereocenters. The Kier molecular flexibility index (Phi) is 3.87. The van der Waals surface area contributed by atoms with Crippen molar-refractivity contribution in [2.24, 2.45) is 0 Å². The second-order valence-electron chi connectivity index (χ2n) is 5.40. The van der Waals surface area contributed by atoms with Gasteiger partial charge < -0.3 is 10.2 Å². The van der Waals surface area contributed by atoms with Gasteiger partial charge in [0.25, 0.3) is 0 Å². The van der Waals surface area contributed by atoms with E-state index in [1.807, 2.05) is 31.2 Å². The van der Waals surface area contributed by atoms with Crippen molar-refractivity contribution in [3.8, 4) is 0 Å². The molecule has 0 bridgehead atoms. The zero-order valence-corrected chi connectivity index (χ0v) is 12.3. The van der Waals surface area contributed by atoms with Crippen LogP contribution in [0.3, 0.4) is 0 Å². The summed E-state index contributed by atoms with van der Waals surface area (Å²) in [4.78, 5) is 30.1. The normalized spacial score (nSPS) is 16.2. The summed E-state index contributed by atoms with van der Waals surface area (Å²) in [7, 11) is 0. The number of fused-ring (bicyclic) bond motifs is 1. The molecule has 3 rings (SSSR count). The lowest BCUT2D eigenvalue weighted by Gasteiger charge is -2.21. The first-order chi connectivity index (χ1) is 10.7. The van der Waals surface area contributed by atoms with Gasteiger partial charge in [-0.1, -0.05) is 18.2 Å². The number of hydrogen-bond donors (Lipinski definition) is 1. The summed E-state index contributed by atoms with van der Waals surface area (Å²) >= 11 is 0. The highest BCUT2D eigenvalue weighted by Crippen LogP contribution is 2.31. The van der Waals surface area contributed by atoms with Gasteiger partial charge in [-0.25, -0.2) is 0 Å². The first-order valence-corrected chi connectivity index (χ1v) is 7.25. The summed E-state index contributed by atoms with van der Waals surface area (Å²) in [6.45, 7) is 2.27. The molecule has 1 unspecified atom stereocenters. The number of benzene rings is 1. The van der Waals surface area contributed by atoms with E-state index in [0.29, 0.717) is 6.54 Å². The number of anilines is 1. The van der Waals surface area contributed by atoms with Crippen LogP contribution < -0.4 is 10.2 Å². The Bertz CT molecular complexity index is 700. The van der Waals surface area contributed by atoms with Crippen LogP contribution in [0.4, 0.5) is 5.69 Å². The number of rotatable bonds is 2. The van der Waals surface area contributed by atoms with Gasteiger partial charge in [0, 0.05) is 30.7 Å². The van der Waals surface area contributed by atoms with Crippen molar-refractivity contribution in [3.63, 3.8) is 0 Å². The Morgan fingerprint density at radius 1 is 1.23 bits per heavy atom. The molecule has 2 heterocycles. The molecule has 5 nitrogen and oxygen atoms in total. The van der Waals surface area contributed by atoms with Gasteiger partial charge in [-0.2, -0.15) is 0 Å². The topological polar surface area (TPSA) is 62.3 Å². The highest BCUT2D eigenvalue weighted by atomic mass is 16.2. The Balaban J connectivity index is 1.70. The Morgan fingerprint density at radius 3 is 2.73 bits per heavy atom. The van der Waals surface area contributed by atoms with E-state index >= 15 is 0 Å². The van der Waals surface area contributed by atoms with E-state index in [-0.39, 0.29) is 6.04 Å². The molecule has 2 amide bonds. The number of nitrogens with one attached hydrogen (secondary N) is 1. The number of nitrogens with zero attached hydrogens (tertiary/aromatic N) is 2. The maximum absolute atomic E-state index is 12.4. The van der Waals surface area contributed by atoms with Crippen LogP contribution in [-0.4, -0.2) is 22.8 Å². The van der Waals surface area contributed by atoms with E-state index < -0.39 is 11.8 Å². The van der Waals surface area contributed by atoms with Crippen LogP contribution in [0.1, 0.15) is 18.1 Å². The van der Waals surface area contributed by atoms with Crippen molar-refractivity contribution in [1.82, 2.24) is 10.3 Å². The molecule has 1 aromatic heterocycles. The molecule has 1 aliphatic rings. The third kappa shape index (κ3) is 2.70. The zero-order valence-electron chi connectivity index (χ0n) is 12.3. The van der Waals surface area contributed by atoms with Crippen molar-refractivity contribution in [1.29, 1.82) is 0 Å². The molecule has 0 spiro atoms. The fraction of sp³-hybridized carbons (Fsp3) is 0.235. The molecule has 112 valence electrons. The van der Waals surface area contributed by atoms with Gasteiger partial charge in [-0.15, -0.1) is 0 Å². The SMILES string of the molecule is CC1Cc2ccccc2N1C(=O)C(=O)NCc1ccncc1. The van der Waals surface area contributed by atoms with Crippen molar-refractivity contribution in [3.05, 3.63) is 59.9 Å². The number of carbonyl (C=O) groups excluding carboxylic acids is 2. The lowest BCUT2D eigenvalue weighted by Crippen LogP contribution is -2.45. The van der Waals surface area contributed by atoms with E-state index in [4.69, 9.17) is 0 Å². The van der Waals surface area contributed by atoms with Gasteiger partial charge in [0.15, 0.2) is 0 Å². The van der Waals surface area contributed by atoms with Crippen molar-refractivity contribution in [2.75, 3.05) is 4.90 Å². The van der Waals surface area contributed by atoms with Gasteiger partial charge in [0.1, 0.15) is 0 Å². The van der Waals surface area contributed by atoms with E-state index in [1.165, 1.54) is 0 Å². The molecule has 0 saturated carbocycles. The van der Waals surface area contributed by atoms with Gasteiger partial charge in [0.2, 0.25) is 0 Å². The molecule has 0 saturated heterocycles. The van der Waals surface area contributed by atoms with Crippen LogP contribution >= 0.6 is 0 Å². The first kappa shape index (κ1) is 14.3. The number of aromatic nitrogens is 1. The van der Waals surface area contributed by atoms with Crippen LogP contribution in [0.15, 0.2) is 48.8 Å². The van der Waals surface area contributed by atoms with Gasteiger partial charge >= 0.3 is 11.8 Å². The highest BCUT2D eigenvalue weighted by molar-refractivity contribution is 6.40.